The summed E-state index contributed by atoms with van der Waals surface area (Å²) in [7, 11) is 1.56. The number of alkyl halides is 3. The van der Waals surface area contributed by atoms with Crippen molar-refractivity contribution < 1.29 is 17.9 Å². The van der Waals surface area contributed by atoms with Crippen LogP contribution in [0, 0.1) is 0 Å². The molecule has 1 unspecified atom stereocenters. The van der Waals surface area contributed by atoms with Gasteiger partial charge in [-0.25, -0.2) is 4.98 Å². The van der Waals surface area contributed by atoms with Gasteiger partial charge in [0.05, 0.1) is 18.7 Å². The zero-order chi connectivity index (χ0) is 18.6. The molecule has 0 spiro atoms. The molecular formula is C20H17F3N2O. The zero-order valence-electron chi connectivity index (χ0n) is 14.0. The van der Waals surface area contributed by atoms with Crippen molar-refractivity contribution in [2.45, 2.75) is 12.2 Å². The second-order valence-electron chi connectivity index (χ2n) is 5.66. The molecule has 1 N–H and O–H groups in total. The van der Waals surface area contributed by atoms with Gasteiger partial charge in [-0.2, -0.15) is 13.2 Å². The maximum Gasteiger partial charge on any atom is 0.419 e. The number of aromatic nitrogens is 1. The monoisotopic (exact) mass is 358 g/mol. The summed E-state index contributed by atoms with van der Waals surface area (Å²) in [4.78, 5) is 3.91. The van der Waals surface area contributed by atoms with Gasteiger partial charge < -0.3 is 10.1 Å². The molecule has 134 valence electrons. The maximum absolute atomic E-state index is 13.3. The molecule has 3 aromatic rings. The van der Waals surface area contributed by atoms with Gasteiger partial charge in [-0.3, -0.25) is 0 Å². The number of anilines is 1. The summed E-state index contributed by atoms with van der Waals surface area (Å²) in [5.74, 6) is 0.471. The highest BCUT2D eigenvalue weighted by atomic mass is 19.4. The highest BCUT2D eigenvalue weighted by Gasteiger charge is 2.34. The van der Waals surface area contributed by atoms with E-state index in [1.807, 2.05) is 42.5 Å². The van der Waals surface area contributed by atoms with Gasteiger partial charge in [0.25, 0.3) is 0 Å². The Morgan fingerprint density at radius 1 is 0.885 bits per heavy atom. The van der Waals surface area contributed by atoms with Crippen molar-refractivity contribution in [3.05, 3.63) is 89.6 Å². The normalized spacial score (nSPS) is 12.5. The van der Waals surface area contributed by atoms with Crippen molar-refractivity contribution >= 4 is 5.82 Å². The van der Waals surface area contributed by atoms with Crippen LogP contribution in [0.3, 0.4) is 0 Å². The molecule has 1 atom stereocenters. The number of hydrogen-bond acceptors (Lipinski definition) is 3. The molecule has 6 heteroatoms. The molecule has 26 heavy (non-hydrogen) atoms. The molecule has 0 fully saturated rings. The van der Waals surface area contributed by atoms with E-state index in [-0.39, 0.29) is 5.82 Å². The van der Waals surface area contributed by atoms with Crippen LogP contribution < -0.4 is 10.1 Å². The number of ether oxygens (including phenoxy) is 1. The van der Waals surface area contributed by atoms with E-state index in [1.165, 1.54) is 12.3 Å². The number of halogens is 3. The third kappa shape index (κ3) is 3.96. The Morgan fingerprint density at radius 3 is 2.15 bits per heavy atom. The smallest absolute Gasteiger partial charge is 0.419 e. The quantitative estimate of drug-likeness (QED) is 0.671. The van der Waals surface area contributed by atoms with E-state index in [0.29, 0.717) is 5.75 Å². The molecule has 0 saturated carbocycles. The average Bonchev–Trinajstić information content (AvgIpc) is 2.66. The first-order valence-corrected chi connectivity index (χ1v) is 7.96. The number of pyridine rings is 1. The molecule has 0 saturated heterocycles. The van der Waals surface area contributed by atoms with Crippen LogP contribution in [-0.4, -0.2) is 12.1 Å². The first-order valence-electron chi connectivity index (χ1n) is 7.96. The topological polar surface area (TPSA) is 34.1 Å². The molecule has 0 aliphatic carbocycles. The summed E-state index contributed by atoms with van der Waals surface area (Å²) in [5.41, 5.74) is 0.835. The number of nitrogens with zero attached hydrogens (tertiary/aromatic N) is 1. The Bertz CT molecular complexity index is 849. The molecule has 3 nitrogen and oxygen atoms in total. The molecule has 3 rings (SSSR count). The second kappa shape index (κ2) is 7.47. The van der Waals surface area contributed by atoms with Gasteiger partial charge in [0.15, 0.2) is 0 Å². The minimum atomic E-state index is -4.49. The van der Waals surface area contributed by atoms with Crippen molar-refractivity contribution in [1.82, 2.24) is 4.98 Å². The van der Waals surface area contributed by atoms with Crippen LogP contribution in [0.4, 0.5) is 19.0 Å². The predicted molar refractivity (Wildman–Crippen MR) is 94.1 cm³/mol. The van der Waals surface area contributed by atoms with Gasteiger partial charge in [-0.1, -0.05) is 42.5 Å². The standard InChI is InChI=1S/C20H17F3N2O/c1-26-16-11-9-15(10-12-16)18(14-6-3-2-4-7-14)25-19-17(20(21,22)23)8-5-13-24-19/h2-13,18H,1H3,(H,24,25). The van der Waals surface area contributed by atoms with E-state index >= 15 is 0 Å². The summed E-state index contributed by atoms with van der Waals surface area (Å²) in [5, 5.41) is 2.95. The Morgan fingerprint density at radius 2 is 1.54 bits per heavy atom. The number of rotatable bonds is 5. The number of hydrogen-bond donors (Lipinski definition) is 1. The van der Waals surface area contributed by atoms with Gasteiger partial charge in [0.1, 0.15) is 11.6 Å². The predicted octanol–water partition coefficient (Wildman–Crippen LogP) is 5.31. The van der Waals surface area contributed by atoms with E-state index in [2.05, 4.69) is 10.3 Å². The Kier molecular flexibility index (Phi) is 5.11. The van der Waals surface area contributed by atoms with Gasteiger partial charge in [-0.15, -0.1) is 0 Å². The SMILES string of the molecule is COc1ccc(C(Nc2ncccc2C(F)(F)F)c2ccccc2)cc1. The zero-order valence-corrected chi connectivity index (χ0v) is 14.0. The fourth-order valence-corrected chi connectivity index (χ4v) is 2.69. The van der Waals surface area contributed by atoms with Crippen molar-refractivity contribution in [3.63, 3.8) is 0 Å². The highest BCUT2D eigenvalue weighted by molar-refractivity contribution is 5.51. The molecule has 0 aliphatic heterocycles. The van der Waals surface area contributed by atoms with E-state index < -0.39 is 17.8 Å². The van der Waals surface area contributed by atoms with Gasteiger partial charge in [-0.05, 0) is 35.4 Å². The van der Waals surface area contributed by atoms with E-state index in [9.17, 15) is 13.2 Å². The van der Waals surface area contributed by atoms with Gasteiger partial charge in [0.2, 0.25) is 0 Å². The molecule has 0 aliphatic rings. The highest BCUT2D eigenvalue weighted by Crippen LogP contribution is 2.36. The van der Waals surface area contributed by atoms with Crippen molar-refractivity contribution in [1.29, 1.82) is 0 Å². The third-order valence-electron chi connectivity index (χ3n) is 3.98. The molecule has 2 aromatic carbocycles. The number of nitrogens with one attached hydrogen (secondary N) is 1. The molecule has 1 aromatic heterocycles. The summed E-state index contributed by atoms with van der Waals surface area (Å²) in [6, 6.07) is 18.3. The minimum Gasteiger partial charge on any atom is -0.497 e. The van der Waals surface area contributed by atoms with E-state index in [1.54, 1.807) is 19.2 Å². The second-order valence-corrected chi connectivity index (χ2v) is 5.66. The Balaban J connectivity index is 2.02. The lowest BCUT2D eigenvalue weighted by molar-refractivity contribution is -0.137. The van der Waals surface area contributed by atoms with E-state index in [4.69, 9.17) is 4.74 Å². The summed E-state index contributed by atoms with van der Waals surface area (Å²) < 4.78 is 45.1. The summed E-state index contributed by atoms with van der Waals surface area (Å²) >= 11 is 0. The maximum atomic E-state index is 13.3. The lowest BCUT2D eigenvalue weighted by Crippen LogP contribution is -2.17. The molecule has 0 radical (unpaired) electrons. The molecule has 0 amide bonds. The molecule has 1 heterocycles. The summed E-state index contributed by atoms with van der Waals surface area (Å²) in [6.45, 7) is 0. The van der Waals surface area contributed by atoms with Crippen LogP contribution in [0.5, 0.6) is 5.75 Å². The van der Waals surface area contributed by atoms with Crippen LogP contribution in [0.2, 0.25) is 0 Å². The first kappa shape index (κ1) is 17.8. The lowest BCUT2D eigenvalue weighted by atomic mass is 9.98. The lowest BCUT2D eigenvalue weighted by Gasteiger charge is -2.22. The Labute approximate surface area is 149 Å². The van der Waals surface area contributed by atoms with Crippen molar-refractivity contribution in [2.75, 3.05) is 12.4 Å². The van der Waals surface area contributed by atoms with Crippen LogP contribution >= 0.6 is 0 Å². The van der Waals surface area contributed by atoms with Gasteiger partial charge >= 0.3 is 6.18 Å². The summed E-state index contributed by atoms with van der Waals surface area (Å²) in [6.07, 6.45) is -3.15. The number of methoxy groups -OCH3 is 1. The fourth-order valence-electron chi connectivity index (χ4n) is 2.69. The molecular weight excluding hydrogens is 341 g/mol. The number of benzene rings is 2. The van der Waals surface area contributed by atoms with Crippen LogP contribution in [-0.2, 0) is 6.18 Å². The average molecular weight is 358 g/mol. The molecule has 0 bridgehead atoms. The largest absolute Gasteiger partial charge is 0.497 e. The minimum absolute atomic E-state index is 0.204. The van der Waals surface area contributed by atoms with Crippen molar-refractivity contribution in [2.24, 2.45) is 0 Å². The van der Waals surface area contributed by atoms with Gasteiger partial charge in [0, 0.05) is 6.20 Å². The van der Waals surface area contributed by atoms with Crippen LogP contribution in [0.25, 0.3) is 0 Å². The Hall–Kier alpha value is -3.02. The third-order valence-corrected chi connectivity index (χ3v) is 3.98. The van der Waals surface area contributed by atoms with E-state index in [0.717, 1.165) is 17.2 Å². The first-order chi connectivity index (χ1) is 12.5. The van der Waals surface area contributed by atoms with Crippen LogP contribution in [0.1, 0.15) is 22.7 Å². The fraction of sp³-hybridized carbons (Fsp3) is 0.150. The van der Waals surface area contributed by atoms with Crippen LogP contribution in [0.15, 0.2) is 72.9 Å². The van der Waals surface area contributed by atoms with Crippen molar-refractivity contribution in [3.8, 4) is 5.75 Å².